The first-order valence-corrected chi connectivity index (χ1v) is 8.16. The monoisotopic (exact) mass is 432 g/mol. The molecule has 0 saturated carbocycles. The Labute approximate surface area is 164 Å². The number of aliphatic hydroxyl groups is 6. The van der Waals surface area contributed by atoms with Crippen molar-refractivity contribution in [3.63, 3.8) is 0 Å². The number of unbranched alkanes of at least 4 members (excludes halogenated alkanes) is 1. The number of carboxylic acids is 4. The van der Waals surface area contributed by atoms with Crippen molar-refractivity contribution in [1.29, 1.82) is 0 Å². The maximum absolute atomic E-state index is 9.77. The topological polar surface area (TPSA) is 271 Å². The van der Waals surface area contributed by atoms with Crippen LogP contribution in [0.2, 0.25) is 0 Å². The zero-order chi connectivity index (χ0) is 23.7. The first-order chi connectivity index (χ1) is 13.2. The lowest BCUT2D eigenvalue weighted by molar-refractivity contribution is -0.165. The van der Waals surface area contributed by atoms with Gasteiger partial charge in [0.1, 0.15) is 0 Å². The Bertz CT molecular complexity index is 421. The van der Waals surface area contributed by atoms with Crippen molar-refractivity contribution in [3.05, 3.63) is 0 Å². The van der Waals surface area contributed by atoms with Crippen LogP contribution in [0.15, 0.2) is 0 Å². The molecule has 10 N–H and O–H groups in total. The fraction of sp³-hybridized carbons (Fsp3) is 0.733. The highest BCUT2D eigenvalue weighted by Crippen LogP contribution is 2.02. The summed E-state index contributed by atoms with van der Waals surface area (Å²) in [5.41, 5.74) is 0. The Balaban J connectivity index is -0.000000350. The Morgan fingerprint density at radius 1 is 0.621 bits per heavy atom. The van der Waals surface area contributed by atoms with Crippen LogP contribution in [0.1, 0.15) is 32.6 Å². The van der Waals surface area contributed by atoms with Crippen molar-refractivity contribution in [1.82, 2.24) is 0 Å². The summed E-state index contributed by atoms with van der Waals surface area (Å²) < 4.78 is 0. The van der Waals surface area contributed by atoms with E-state index in [4.69, 9.17) is 51.1 Å². The van der Waals surface area contributed by atoms with E-state index in [9.17, 15) is 19.2 Å². The summed E-state index contributed by atoms with van der Waals surface area (Å²) in [6.45, 7) is 2.21. The molecule has 14 heteroatoms. The van der Waals surface area contributed by atoms with E-state index in [0.29, 0.717) is 0 Å². The summed E-state index contributed by atoms with van der Waals surface area (Å²) in [4.78, 5) is 39.1. The van der Waals surface area contributed by atoms with Gasteiger partial charge in [0, 0.05) is 6.61 Å². The molecule has 0 aliphatic carbocycles. The van der Waals surface area contributed by atoms with Gasteiger partial charge < -0.3 is 51.1 Å². The van der Waals surface area contributed by atoms with Crippen molar-refractivity contribution < 1.29 is 70.2 Å². The number of aliphatic carboxylic acids is 4. The zero-order valence-corrected chi connectivity index (χ0v) is 15.5. The molecule has 0 aliphatic heterocycles. The van der Waals surface area contributed by atoms with Crippen molar-refractivity contribution >= 4 is 23.9 Å². The van der Waals surface area contributed by atoms with Gasteiger partial charge in [-0.05, 0) is 25.7 Å². The summed E-state index contributed by atoms with van der Waals surface area (Å²) in [7, 11) is 0. The van der Waals surface area contributed by atoms with Crippen LogP contribution in [0.4, 0.5) is 0 Å². The van der Waals surface area contributed by atoms with Crippen LogP contribution in [0.25, 0.3) is 0 Å². The van der Waals surface area contributed by atoms with Gasteiger partial charge in [-0.2, -0.15) is 0 Å². The summed E-state index contributed by atoms with van der Waals surface area (Å²) in [6.07, 6.45) is -5.81. The van der Waals surface area contributed by atoms with Gasteiger partial charge in [-0.3, -0.25) is 0 Å². The maximum Gasteiger partial charge on any atom is 0.335 e. The first-order valence-electron chi connectivity index (χ1n) is 8.16. The summed E-state index contributed by atoms with van der Waals surface area (Å²) in [5, 5.41) is 82.4. The second-order valence-corrected chi connectivity index (χ2v) is 5.41. The van der Waals surface area contributed by atoms with Crippen LogP contribution in [0, 0.1) is 0 Å². The number of rotatable bonds is 11. The summed E-state index contributed by atoms with van der Waals surface area (Å²) in [5.74, 6) is -7.07. The van der Waals surface area contributed by atoms with Crippen LogP contribution in [0.5, 0.6) is 0 Å². The molecule has 0 saturated heterocycles. The van der Waals surface area contributed by atoms with E-state index in [1.165, 1.54) is 0 Å². The molecule has 0 aromatic heterocycles. The third-order valence-corrected chi connectivity index (χ3v) is 3.03. The standard InChI is InChI=1S/C7H16O2.2C4H6O6/c1-2-7(9)5-3-4-6-8;2*5-1(3(7)8)2(6)4(9)10/h7-9H,2-6H2,1H3;2*1-2,5-6H,(H,7,8)(H,9,10). The van der Waals surface area contributed by atoms with Crippen molar-refractivity contribution in [2.75, 3.05) is 6.61 Å². The number of hydrogen-bond donors (Lipinski definition) is 10. The van der Waals surface area contributed by atoms with Gasteiger partial charge in [-0.25, -0.2) is 19.2 Å². The molecule has 0 bridgehead atoms. The van der Waals surface area contributed by atoms with Crippen LogP contribution in [-0.2, 0) is 19.2 Å². The zero-order valence-electron chi connectivity index (χ0n) is 15.5. The second kappa shape index (κ2) is 17.7. The van der Waals surface area contributed by atoms with Gasteiger partial charge in [-0.15, -0.1) is 0 Å². The highest BCUT2D eigenvalue weighted by atomic mass is 16.4. The molecule has 0 aliphatic rings. The highest BCUT2D eigenvalue weighted by Gasteiger charge is 2.30. The van der Waals surface area contributed by atoms with Crippen LogP contribution >= 0.6 is 0 Å². The molecule has 0 fully saturated rings. The van der Waals surface area contributed by atoms with Crippen molar-refractivity contribution in [2.24, 2.45) is 0 Å². The first kappa shape index (κ1) is 31.3. The molecule has 0 rings (SSSR count). The fourth-order valence-electron chi connectivity index (χ4n) is 1.24. The van der Waals surface area contributed by atoms with Gasteiger partial charge in [0.15, 0.2) is 24.4 Å². The lowest BCUT2D eigenvalue weighted by Crippen LogP contribution is -2.39. The van der Waals surface area contributed by atoms with E-state index in [-0.39, 0.29) is 12.7 Å². The minimum atomic E-state index is -2.27. The van der Waals surface area contributed by atoms with E-state index in [1.807, 2.05) is 6.92 Å². The Hall–Kier alpha value is -2.36. The lowest BCUT2D eigenvalue weighted by Gasteiger charge is -2.07. The molecule has 0 radical (unpaired) electrons. The molecule has 0 amide bonds. The smallest absolute Gasteiger partial charge is 0.335 e. The third kappa shape index (κ3) is 17.5. The molecular formula is C15H28O14. The highest BCUT2D eigenvalue weighted by molar-refractivity contribution is 5.83. The number of carbonyl (C=O) groups is 4. The molecule has 0 heterocycles. The minimum Gasteiger partial charge on any atom is -0.479 e. The quantitative estimate of drug-likeness (QED) is 0.143. The number of carboxylic acid groups (broad SMARTS) is 4. The fourth-order valence-corrected chi connectivity index (χ4v) is 1.24. The lowest BCUT2D eigenvalue weighted by atomic mass is 10.1. The van der Waals surface area contributed by atoms with E-state index in [2.05, 4.69) is 0 Å². The van der Waals surface area contributed by atoms with E-state index in [1.54, 1.807) is 0 Å². The molecule has 29 heavy (non-hydrogen) atoms. The molecule has 0 aromatic rings. The predicted molar refractivity (Wildman–Crippen MR) is 91.8 cm³/mol. The minimum absolute atomic E-state index is 0.156. The predicted octanol–water partition coefficient (Wildman–Crippen LogP) is -3.33. The number of hydrogen-bond acceptors (Lipinski definition) is 10. The van der Waals surface area contributed by atoms with Crippen LogP contribution in [-0.4, -0.2) is 112 Å². The van der Waals surface area contributed by atoms with Gasteiger partial charge in [0.25, 0.3) is 0 Å². The average molecular weight is 432 g/mol. The van der Waals surface area contributed by atoms with E-state index >= 15 is 0 Å². The van der Waals surface area contributed by atoms with Gasteiger partial charge in [0.05, 0.1) is 6.10 Å². The molecular weight excluding hydrogens is 404 g/mol. The third-order valence-electron chi connectivity index (χ3n) is 3.03. The molecule has 0 spiro atoms. The van der Waals surface area contributed by atoms with Crippen LogP contribution < -0.4 is 0 Å². The number of aliphatic hydroxyl groups excluding tert-OH is 6. The van der Waals surface area contributed by atoms with Crippen molar-refractivity contribution in [3.8, 4) is 0 Å². The Kier molecular flexibility index (Phi) is 19.1. The Morgan fingerprint density at radius 3 is 1.07 bits per heavy atom. The van der Waals surface area contributed by atoms with Gasteiger partial charge in [0.2, 0.25) is 0 Å². The molecule has 172 valence electrons. The van der Waals surface area contributed by atoms with Gasteiger partial charge >= 0.3 is 23.9 Å². The SMILES string of the molecule is CCC(O)CCCCO.O=C(O)C(O)C(O)C(=O)O.O=C(O)C(O)C(O)C(=O)O. The summed E-state index contributed by atoms with van der Waals surface area (Å²) >= 11 is 0. The van der Waals surface area contributed by atoms with E-state index < -0.39 is 48.3 Å². The molecule has 14 nitrogen and oxygen atoms in total. The average Bonchev–Trinajstić information content (AvgIpc) is 2.66. The summed E-state index contributed by atoms with van der Waals surface area (Å²) in [6, 6.07) is 0. The van der Waals surface area contributed by atoms with E-state index in [0.717, 1.165) is 25.7 Å². The Morgan fingerprint density at radius 2 is 0.897 bits per heavy atom. The normalized spacial score (nSPS) is 15.1. The van der Waals surface area contributed by atoms with Gasteiger partial charge in [-0.1, -0.05) is 6.92 Å². The van der Waals surface area contributed by atoms with Crippen LogP contribution in [0.3, 0.4) is 0 Å². The molecule has 0 aromatic carbocycles. The molecule has 5 unspecified atom stereocenters. The van der Waals surface area contributed by atoms with Crippen molar-refractivity contribution in [2.45, 2.75) is 63.1 Å². The largest absolute Gasteiger partial charge is 0.479 e. The second-order valence-electron chi connectivity index (χ2n) is 5.41. The maximum atomic E-state index is 9.77. The molecule has 5 atom stereocenters.